The van der Waals surface area contributed by atoms with Gasteiger partial charge < -0.3 is 4.90 Å². The Morgan fingerprint density at radius 1 is 0.228 bits per heavy atom. The fourth-order valence-corrected chi connectivity index (χ4v) is 9.00. The van der Waals surface area contributed by atoms with Crippen molar-refractivity contribution in [2.45, 2.75) is 0 Å². The third-order valence-corrected chi connectivity index (χ3v) is 11.6. The minimum atomic E-state index is 1.11. The summed E-state index contributed by atoms with van der Waals surface area (Å²) in [7, 11) is 0. The summed E-state index contributed by atoms with van der Waals surface area (Å²) in [5, 5.41) is 12.4. The minimum Gasteiger partial charge on any atom is -0.309 e. The zero-order valence-corrected chi connectivity index (χ0v) is 31.3. The molecule has 0 aliphatic carbocycles. The van der Waals surface area contributed by atoms with E-state index >= 15 is 0 Å². The highest BCUT2D eigenvalue weighted by atomic mass is 15.1. The molecule has 0 fully saturated rings. The molecule has 0 atom stereocenters. The van der Waals surface area contributed by atoms with Crippen molar-refractivity contribution in [3.63, 3.8) is 0 Å². The van der Waals surface area contributed by atoms with E-state index in [1.807, 2.05) is 0 Å². The summed E-state index contributed by atoms with van der Waals surface area (Å²) >= 11 is 0. The summed E-state index contributed by atoms with van der Waals surface area (Å²) in [6.07, 6.45) is 0. The second-order valence-corrected chi connectivity index (χ2v) is 14.8. The molecule has 0 saturated carbocycles. The largest absolute Gasteiger partial charge is 0.309 e. The normalized spacial score (nSPS) is 11.5. The van der Waals surface area contributed by atoms with E-state index in [-0.39, 0.29) is 0 Å². The van der Waals surface area contributed by atoms with Crippen LogP contribution in [0.2, 0.25) is 0 Å². The molecule has 0 amide bonds. The van der Waals surface area contributed by atoms with Gasteiger partial charge in [-0.25, -0.2) is 0 Å². The second-order valence-electron chi connectivity index (χ2n) is 14.8. The van der Waals surface area contributed by atoms with Gasteiger partial charge in [0.05, 0.1) is 11.4 Å². The van der Waals surface area contributed by atoms with Gasteiger partial charge in [-0.05, 0) is 113 Å². The minimum absolute atomic E-state index is 1.11. The molecule has 57 heavy (non-hydrogen) atoms. The lowest BCUT2D eigenvalue weighted by Crippen LogP contribution is -2.11. The maximum Gasteiger partial charge on any atom is 0.0540 e. The molecule has 0 bridgehead atoms. The van der Waals surface area contributed by atoms with Gasteiger partial charge in [-0.1, -0.05) is 188 Å². The molecule has 266 valence electrons. The van der Waals surface area contributed by atoms with Crippen molar-refractivity contribution in [2.24, 2.45) is 0 Å². The fourth-order valence-electron chi connectivity index (χ4n) is 9.00. The van der Waals surface area contributed by atoms with Gasteiger partial charge in [0.15, 0.2) is 0 Å². The Morgan fingerprint density at radius 3 is 1.25 bits per heavy atom. The Balaban J connectivity index is 1.11. The molecule has 0 aromatic heterocycles. The molecule has 1 heteroatoms. The van der Waals surface area contributed by atoms with Crippen LogP contribution in [0.5, 0.6) is 0 Å². The summed E-state index contributed by atoms with van der Waals surface area (Å²) in [6, 6.07) is 82.0. The van der Waals surface area contributed by atoms with Crippen LogP contribution in [0.25, 0.3) is 87.2 Å². The van der Waals surface area contributed by atoms with E-state index in [4.69, 9.17) is 0 Å². The lowest BCUT2D eigenvalue weighted by Gasteiger charge is -2.28. The zero-order chi connectivity index (χ0) is 37.7. The van der Waals surface area contributed by atoms with Gasteiger partial charge in [0.1, 0.15) is 0 Å². The number of hydrogen-bond donors (Lipinski definition) is 0. The van der Waals surface area contributed by atoms with Crippen molar-refractivity contribution in [3.8, 4) is 33.4 Å². The van der Waals surface area contributed by atoms with Crippen LogP contribution >= 0.6 is 0 Å². The monoisotopic (exact) mass is 723 g/mol. The molecule has 0 aliphatic heterocycles. The molecule has 0 heterocycles. The smallest absolute Gasteiger partial charge is 0.0540 e. The van der Waals surface area contributed by atoms with Crippen molar-refractivity contribution < 1.29 is 0 Å². The Labute approximate surface area is 332 Å². The predicted octanol–water partition coefficient (Wildman–Crippen LogP) is 15.9. The first kappa shape index (κ1) is 32.9. The van der Waals surface area contributed by atoms with Crippen LogP contribution < -0.4 is 4.90 Å². The van der Waals surface area contributed by atoms with E-state index < -0.39 is 0 Å². The standard InChI is InChI=1S/C56H37N/c1-2-16-38(17-3-1)43-22-8-9-25-46(43)52-37-54-48-27-11-10-26-47(48)51(36-53(54)50-29-13-12-28-49(50)52)41-32-34-42(35-33-41)57(55-30-14-20-39-18-4-6-23-44(39)55)56-31-15-21-40-19-5-7-24-45(40)56/h1-37H. The molecule has 1 nitrogen and oxygen atoms in total. The first-order valence-electron chi connectivity index (χ1n) is 19.7. The van der Waals surface area contributed by atoms with Gasteiger partial charge in [0.25, 0.3) is 0 Å². The number of hydrogen-bond acceptors (Lipinski definition) is 1. The molecule has 11 aromatic carbocycles. The highest BCUT2D eigenvalue weighted by Gasteiger charge is 2.20. The molecule has 0 saturated heterocycles. The van der Waals surface area contributed by atoms with Crippen molar-refractivity contribution in [3.05, 3.63) is 224 Å². The highest BCUT2D eigenvalue weighted by Crippen LogP contribution is 2.46. The second kappa shape index (κ2) is 13.7. The predicted molar refractivity (Wildman–Crippen MR) is 245 cm³/mol. The molecule has 0 N–H and O–H groups in total. The molecular formula is C56H37N. The molecule has 11 aromatic rings. The van der Waals surface area contributed by atoms with Crippen LogP contribution in [0, 0.1) is 0 Å². The molecule has 11 rings (SSSR count). The van der Waals surface area contributed by atoms with Gasteiger partial charge in [0, 0.05) is 16.5 Å². The van der Waals surface area contributed by atoms with Crippen LogP contribution in [-0.4, -0.2) is 0 Å². The molecule has 0 spiro atoms. The van der Waals surface area contributed by atoms with Gasteiger partial charge in [-0.3, -0.25) is 0 Å². The van der Waals surface area contributed by atoms with E-state index in [1.54, 1.807) is 0 Å². The van der Waals surface area contributed by atoms with Gasteiger partial charge in [-0.2, -0.15) is 0 Å². The summed E-state index contributed by atoms with van der Waals surface area (Å²) in [5.41, 5.74) is 10.8. The highest BCUT2D eigenvalue weighted by molar-refractivity contribution is 6.24. The SMILES string of the molecule is c1ccc(-c2ccccc2-c2cc3c4ccccc4c(-c4ccc(N(c5cccc6ccccc56)c5cccc6ccccc56)cc4)cc3c3ccccc23)cc1. The Hall–Kier alpha value is -7.48. The van der Waals surface area contributed by atoms with Crippen LogP contribution in [0.1, 0.15) is 0 Å². The van der Waals surface area contributed by atoms with Gasteiger partial charge in [0.2, 0.25) is 0 Å². The third kappa shape index (κ3) is 5.55. The van der Waals surface area contributed by atoms with Crippen LogP contribution in [0.3, 0.4) is 0 Å². The number of nitrogens with zero attached hydrogens (tertiary/aromatic N) is 1. The van der Waals surface area contributed by atoms with E-state index in [0.717, 1.165) is 17.1 Å². The van der Waals surface area contributed by atoms with Crippen molar-refractivity contribution in [1.29, 1.82) is 0 Å². The summed E-state index contributed by atoms with van der Waals surface area (Å²) in [5.74, 6) is 0. The molecular weight excluding hydrogens is 687 g/mol. The van der Waals surface area contributed by atoms with Crippen LogP contribution in [0.4, 0.5) is 17.1 Å². The Kier molecular flexibility index (Phi) is 7.89. The lowest BCUT2D eigenvalue weighted by molar-refractivity contribution is 1.31. The zero-order valence-electron chi connectivity index (χ0n) is 31.3. The van der Waals surface area contributed by atoms with Gasteiger partial charge >= 0.3 is 0 Å². The van der Waals surface area contributed by atoms with E-state index in [9.17, 15) is 0 Å². The number of benzene rings is 11. The van der Waals surface area contributed by atoms with E-state index in [2.05, 4.69) is 229 Å². The topological polar surface area (TPSA) is 3.24 Å². The van der Waals surface area contributed by atoms with E-state index in [1.165, 1.54) is 87.2 Å². The number of anilines is 3. The van der Waals surface area contributed by atoms with Gasteiger partial charge in [-0.15, -0.1) is 0 Å². The summed E-state index contributed by atoms with van der Waals surface area (Å²) in [6.45, 7) is 0. The number of fused-ring (bicyclic) bond motifs is 7. The number of rotatable bonds is 6. The van der Waals surface area contributed by atoms with Crippen molar-refractivity contribution in [1.82, 2.24) is 0 Å². The van der Waals surface area contributed by atoms with Crippen LogP contribution in [-0.2, 0) is 0 Å². The molecule has 0 aliphatic rings. The quantitative estimate of drug-likeness (QED) is 0.154. The summed E-state index contributed by atoms with van der Waals surface area (Å²) in [4.78, 5) is 2.43. The fraction of sp³-hybridized carbons (Fsp3) is 0. The first-order valence-corrected chi connectivity index (χ1v) is 19.7. The average molecular weight is 724 g/mol. The van der Waals surface area contributed by atoms with Crippen LogP contribution in [0.15, 0.2) is 224 Å². The summed E-state index contributed by atoms with van der Waals surface area (Å²) < 4.78 is 0. The first-order chi connectivity index (χ1) is 28.3. The van der Waals surface area contributed by atoms with E-state index in [0.29, 0.717) is 0 Å². The molecule has 0 radical (unpaired) electrons. The molecule has 0 unspecified atom stereocenters. The average Bonchev–Trinajstić information content (AvgIpc) is 3.29. The Morgan fingerprint density at radius 2 is 0.649 bits per heavy atom. The van der Waals surface area contributed by atoms with Crippen molar-refractivity contribution in [2.75, 3.05) is 4.90 Å². The van der Waals surface area contributed by atoms with Crippen molar-refractivity contribution >= 4 is 70.9 Å². The third-order valence-electron chi connectivity index (χ3n) is 11.6. The maximum absolute atomic E-state index is 2.43. The Bertz CT molecular complexity index is 3200. The lowest BCUT2D eigenvalue weighted by atomic mass is 9.86. The maximum atomic E-state index is 2.43.